The molecule has 9 heteroatoms. The second kappa shape index (κ2) is 8.11. The van der Waals surface area contributed by atoms with E-state index in [0.29, 0.717) is 22.2 Å². The number of carbonyl (C=O) groups excluding carboxylic acids is 1. The average molecular weight is 356 g/mol. The van der Waals surface area contributed by atoms with E-state index in [-0.39, 0.29) is 19.0 Å². The molecule has 6 nitrogen and oxygen atoms in total. The second-order valence-corrected chi connectivity index (χ2v) is 6.31. The lowest BCUT2D eigenvalue weighted by molar-refractivity contribution is 0.141. The van der Waals surface area contributed by atoms with Crippen LogP contribution in [0.4, 0.5) is 18.7 Å². The Morgan fingerprint density at radius 1 is 1.38 bits per heavy atom. The maximum absolute atomic E-state index is 13.2. The number of aliphatic hydroxyl groups is 1. The van der Waals surface area contributed by atoms with Crippen LogP contribution in [0.2, 0.25) is 0 Å². The third-order valence-corrected chi connectivity index (χ3v) is 4.01. The number of anilines is 1. The van der Waals surface area contributed by atoms with Gasteiger partial charge in [-0.25, -0.2) is 13.6 Å². The highest BCUT2D eigenvalue weighted by Crippen LogP contribution is 2.20. The highest BCUT2D eigenvalue weighted by molar-refractivity contribution is 7.15. The molecule has 0 bridgehead atoms. The minimum atomic E-state index is -0.915. The Labute approximate surface area is 142 Å². The van der Waals surface area contributed by atoms with Crippen molar-refractivity contribution in [2.75, 3.05) is 18.4 Å². The first-order chi connectivity index (χ1) is 11.4. The number of carbonyl (C=O) groups is 1. The lowest BCUT2D eigenvalue weighted by atomic mass is 10.1. The molecule has 2 rings (SSSR count). The third kappa shape index (κ3) is 4.93. The summed E-state index contributed by atoms with van der Waals surface area (Å²) in [5.41, 5.74) is 0.562. The van der Waals surface area contributed by atoms with Crippen LogP contribution in [0.25, 0.3) is 0 Å². The molecular weight excluding hydrogens is 338 g/mol. The van der Waals surface area contributed by atoms with E-state index in [2.05, 4.69) is 15.5 Å². The fourth-order valence-corrected chi connectivity index (χ4v) is 2.81. The molecule has 0 saturated heterocycles. The first-order valence-corrected chi connectivity index (χ1v) is 8.21. The van der Waals surface area contributed by atoms with Crippen molar-refractivity contribution in [2.45, 2.75) is 26.4 Å². The topological polar surface area (TPSA) is 78.4 Å². The molecule has 0 aliphatic rings. The summed E-state index contributed by atoms with van der Waals surface area (Å²) in [6.07, 6.45) is -0.343. The van der Waals surface area contributed by atoms with Gasteiger partial charge in [-0.15, -0.1) is 10.2 Å². The maximum Gasteiger partial charge on any atom is 0.323 e. The monoisotopic (exact) mass is 356 g/mol. The summed E-state index contributed by atoms with van der Waals surface area (Å²) < 4.78 is 26.1. The summed E-state index contributed by atoms with van der Waals surface area (Å²) in [4.78, 5) is 13.5. The molecule has 0 radical (unpaired) electrons. The predicted octanol–water partition coefficient (Wildman–Crippen LogP) is 2.64. The molecule has 130 valence electrons. The van der Waals surface area contributed by atoms with Crippen molar-refractivity contribution in [1.29, 1.82) is 0 Å². The molecule has 1 atom stereocenters. The van der Waals surface area contributed by atoms with Gasteiger partial charge in [-0.2, -0.15) is 0 Å². The van der Waals surface area contributed by atoms with Crippen LogP contribution in [-0.4, -0.2) is 45.4 Å². The van der Waals surface area contributed by atoms with Crippen molar-refractivity contribution in [1.82, 2.24) is 15.1 Å². The summed E-state index contributed by atoms with van der Waals surface area (Å²) in [5.74, 6) is -1.82. The normalized spacial score (nSPS) is 12.0. The largest absolute Gasteiger partial charge is 0.392 e. The average Bonchev–Trinajstić information content (AvgIpc) is 2.95. The van der Waals surface area contributed by atoms with Crippen molar-refractivity contribution < 1.29 is 18.7 Å². The molecule has 0 aliphatic heterocycles. The van der Waals surface area contributed by atoms with Gasteiger partial charge in [0.1, 0.15) is 5.01 Å². The van der Waals surface area contributed by atoms with Crippen molar-refractivity contribution in [3.8, 4) is 0 Å². The van der Waals surface area contributed by atoms with Gasteiger partial charge in [-0.05, 0) is 31.5 Å². The SMILES string of the molecule is CCN(C[C@H](C)O)C(=O)Nc1nnc(Cc2ccc(F)c(F)c2)s1. The third-order valence-electron chi connectivity index (χ3n) is 3.17. The first kappa shape index (κ1) is 18.2. The van der Waals surface area contributed by atoms with Gasteiger partial charge in [0.05, 0.1) is 6.10 Å². The van der Waals surface area contributed by atoms with Crippen LogP contribution in [0.15, 0.2) is 18.2 Å². The number of aromatic nitrogens is 2. The van der Waals surface area contributed by atoms with Crippen LogP contribution in [0.5, 0.6) is 0 Å². The quantitative estimate of drug-likeness (QED) is 0.834. The Morgan fingerprint density at radius 2 is 2.12 bits per heavy atom. The van der Waals surface area contributed by atoms with Crippen molar-refractivity contribution in [3.63, 3.8) is 0 Å². The van der Waals surface area contributed by atoms with Crippen LogP contribution in [0.1, 0.15) is 24.4 Å². The van der Waals surface area contributed by atoms with Crippen molar-refractivity contribution in [2.24, 2.45) is 0 Å². The standard InChI is InChI=1S/C15H18F2N4O2S/c1-3-21(8-9(2)22)15(23)18-14-20-19-13(24-14)7-10-4-5-11(16)12(17)6-10/h4-6,9,22H,3,7-8H2,1-2H3,(H,18,20,23)/t9-/m0/s1. The molecule has 2 amide bonds. The molecule has 0 fully saturated rings. The highest BCUT2D eigenvalue weighted by Gasteiger charge is 2.16. The molecule has 1 heterocycles. The molecule has 0 unspecified atom stereocenters. The zero-order valence-corrected chi connectivity index (χ0v) is 14.1. The van der Waals surface area contributed by atoms with E-state index in [0.717, 1.165) is 23.5 Å². The maximum atomic E-state index is 13.2. The number of nitrogens with zero attached hydrogens (tertiary/aromatic N) is 3. The van der Waals surface area contributed by atoms with E-state index in [1.54, 1.807) is 13.8 Å². The summed E-state index contributed by atoms with van der Waals surface area (Å²) in [5, 5.41) is 20.7. The number of amides is 2. The van der Waals surface area contributed by atoms with E-state index < -0.39 is 17.7 Å². The van der Waals surface area contributed by atoms with Gasteiger partial charge < -0.3 is 10.0 Å². The van der Waals surface area contributed by atoms with Gasteiger partial charge in [0.2, 0.25) is 5.13 Å². The van der Waals surface area contributed by atoms with Crippen LogP contribution in [0.3, 0.4) is 0 Å². The second-order valence-electron chi connectivity index (χ2n) is 5.24. The van der Waals surface area contributed by atoms with Crippen molar-refractivity contribution in [3.05, 3.63) is 40.4 Å². The molecule has 2 N–H and O–H groups in total. The summed E-state index contributed by atoms with van der Waals surface area (Å²) in [6.45, 7) is 4.05. The number of benzene rings is 1. The van der Waals surface area contributed by atoms with Gasteiger partial charge in [0, 0.05) is 19.5 Å². The molecule has 2 aromatic rings. The minimum Gasteiger partial charge on any atom is -0.392 e. The van der Waals surface area contributed by atoms with E-state index in [1.165, 1.54) is 11.0 Å². The Morgan fingerprint density at radius 3 is 2.75 bits per heavy atom. The van der Waals surface area contributed by atoms with E-state index in [1.807, 2.05) is 0 Å². The number of aliphatic hydroxyl groups excluding tert-OH is 1. The molecular formula is C15H18F2N4O2S. The summed E-state index contributed by atoms with van der Waals surface area (Å²) in [6, 6.07) is 3.26. The number of halogens is 2. The summed E-state index contributed by atoms with van der Waals surface area (Å²) >= 11 is 1.15. The van der Waals surface area contributed by atoms with E-state index >= 15 is 0 Å². The Kier molecular flexibility index (Phi) is 6.16. The van der Waals surface area contributed by atoms with Crippen LogP contribution in [-0.2, 0) is 6.42 Å². The number of urea groups is 1. The Hall–Kier alpha value is -2.13. The van der Waals surface area contributed by atoms with E-state index in [9.17, 15) is 18.7 Å². The Bertz CT molecular complexity index is 709. The van der Waals surface area contributed by atoms with E-state index in [4.69, 9.17) is 0 Å². The lowest BCUT2D eigenvalue weighted by Gasteiger charge is -2.21. The number of rotatable bonds is 6. The number of nitrogens with one attached hydrogen (secondary N) is 1. The van der Waals surface area contributed by atoms with Crippen LogP contribution >= 0.6 is 11.3 Å². The van der Waals surface area contributed by atoms with Gasteiger partial charge in [0.15, 0.2) is 11.6 Å². The number of hydrogen-bond acceptors (Lipinski definition) is 5. The Balaban J connectivity index is 1.99. The fourth-order valence-electron chi connectivity index (χ4n) is 2.04. The molecule has 0 saturated carbocycles. The highest BCUT2D eigenvalue weighted by atomic mass is 32.1. The lowest BCUT2D eigenvalue weighted by Crippen LogP contribution is -2.39. The smallest absolute Gasteiger partial charge is 0.323 e. The number of likely N-dealkylation sites (N-methyl/N-ethyl adjacent to an activating group) is 1. The number of hydrogen-bond donors (Lipinski definition) is 2. The van der Waals surface area contributed by atoms with Crippen LogP contribution in [0, 0.1) is 11.6 Å². The predicted molar refractivity (Wildman–Crippen MR) is 87.0 cm³/mol. The van der Waals surface area contributed by atoms with Gasteiger partial charge in [0.25, 0.3) is 0 Å². The first-order valence-electron chi connectivity index (χ1n) is 7.39. The summed E-state index contributed by atoms with van der Waals surface area (Å²) in [7, 11) is 0. The van der Waals surface area contributed by atoms with Gasteiger partial charge >= 0.3 is 6.03 Å². The zero-order valence-electron chi connectivity index (χ0n) is 13.3. The molecule has 1 aromatic carbocycles. The molecule has 1 aromatic heterocycles. The fraction of sp³-hybridized carbons (Fsp3) is 0.400. The van der Waals surface area contributed by atoms with Crippen molar-refractivity contribution >= 4 is 22.5 Å². The van der Waals surface area contributed by atoms with Gasteiger partial charge in [-0.1, -0.05) is 17.4 Å². The molecule has 0 aliphatic carbocycles. The van der Waals surface area contributed by atoms with Gasteiger partial charge in [-0.3, -0.25) is 5.32 Å². The molecule has 0 spiro atoms. The molecule has 24 heavy (non-hydrogen) atoms. The zero-order chi connectivity index (χ0) is 17.7. The minimum absolute atomic E-state index is 0.211. The van der Waals surface area contributed by atoms with Crippen LogP contribution < -0.4 is 5.32 Å².